The normalized spacial score (nSPS) is 11.1. The predicted molar refractivity (Wildman–Crippen MR) is 95.1 cm³/mol. The lowest BCUT2D eigenvalue weighted by atomic mass is 10.1. The van der Waals surface area contributed by atoms with Crippen LogP contribution in [-0.2, 0) is 12.7 Å². The Bertz CT molecular complexity index is 900. The summed E-state index contributed by atoms with van der Waals surface area (Å²) in [5.41, 5.74) is -0.942. The summed E-state index contributed by atoms with van der Waals surface area (Å²) in [6.07, 6.45) is -4.75. The molecule has 2 rings (SSSR count). The van der Waals surface area contributed by atoms with E-state index in [0.717, 1.165) is 18.2 Å². The molecule has 0 aliphatic rings. The van der Waals surface area contributed by atoms with E-state index in [9.17, 15) is 31.5 Å². The van der Waals surface area contributed by atoms with Crippen LogP contribution < -0.4 is 16.0 Å². The summed E-state index contributed by atoms with van der Waals surface area (Å²) in [7, 11) is 0. The molecule has 10 heteroatoms. The molecule has 3 N–H and O–H groups in total. The number of carbonyl (C=O) groups excluding carboxylic acids is 2. The largest absolute Gasteiger partial charge is 0.416 e. The number of hydrogen-bond acceptors (Lipinski definition) is 2. The summed E-state index contributed by atoms with van der Waals surface area (Å²) in [6.45, 7) is 1.10. The van der Waals surface area contributed by atoms with E-state index < -0.39 is 41.9 Å². The molecule has 2 aromatic carbocycles. The molecule has 0 atom stereocenters. The third-order valence-corrected chi connectivity index (χ3v) is 3.95. The molecule has 0 aliphatic heterocycles. The lowest BCUT2D eigenvalue weighted by molar-refractivity contribution is -0.138. The molecule has 0 spiro atoms. The van der Waals surface area contributed by atoms with E-state index in [0.29, 0.717) is 11.6 Å². The summed E-state index contributed by atoms with van der Waals surface area (Å²) in [4.78, 5) is 23.6. The van der Waals surface area contributed by atoms with Crippen LogP contribution in [0.4, 0.5) is 26.7 Å². The number of hydrogen-bond donors (Lipinski definition) is 3. The molecule has 0 heterocycles. The highest BCUT2D eigenvalue weighted by Crippen LogP contribution is 2.32. The Morgan fingerprint density at radius 1 is 0.931 bits per heavy atom. The smallest absolute Gasteiger partial charge is 0.350 e. The molecule has 2 aromatic rings. The van der Waals surface area contributed by atoms with Gasteiger partial charge in [-0.1, -0.05) is 12.1 Å². The summed E-state index contributed by atoms with van der Waals surface area (Å²) < 4.78 is 65.2. The molecule has 0 radical (unpaired) electrons. The predicted octanol–water partition coefficient (Wildman–Crippen LogP) is 3.52. The minimum atomic E-state index is -4.75. The van der Waals surface area contributed by atoms with Crippen LogP contribution in [0.25, 0.3) is 0 Å². The van der Waals surface area contributed by atoms with Crippen molar-refractivity contribution >= 4 is 11.9 Å². The van der Waals surface area contributed by atoms with Gasteiger partial charge in [-0.25, -0.2) is 13.6 Å². The van der Waals surface area contributed by atoms with Gasteiger partial charge in [-0.2, -0.15) is 13.2 Å². The minimum absolute atomic E-state index is 0.0124. The van der Waals surface area contributed by atoms with Crippen LogP contribution in [0.2, 0.25) is 0 Å². The lowest BCUT2D eigenvalue weighted by Crippen LogP contribution is -2.40. The molecular weight excluding hydrogens is 397 g/mol. The van der Waals surface area contributed by atoms with Gasteiger partial charge in [0.2, 0.25) is 0 Å². The molecule has 0 saturated carbocycles. The first-order chi connectivity index (χ1) is 13.6. The van der Waals surface area contributed by atoms with Crippen molar-refractivity contribution in [3.8, 4) is 0 Å². The van der Waals surface area contributed by atoms with E-state index in [1.165, 1.54) is 12.1 Å². The molecule has 0 unspecified atom stereocenters. The fourth-order valence-electron chi connectivity index (χ4n) is 2.39. The molecular formula is C19H18F5N3O2. The van der Waals surface area contributed by atoms with Gasteiger partial charge < -0.3 is 16.0 Å². The lowest BCUT2D eigenvalue weighted by Gasteiger charge is -2.14. The van der Waals surface area contributed by atoms with Crippen LogP contribution in [0, 0.1) is 18.6 Å². The average Bonchev–Trinajstić information content (AvgIpc) is 2.65. The van der Waals surface area contributed by atoms with Crippen LogP contribution in [0.15, 0.2) is 36.4 Å². The van der Waals surface area contributed by atoms with Crippen LogP contribution in [0.1, 0.15) is 27.0 Å². The first-order valence-corrected chi connectivity index (χ1v) is 8.49. The van der Waals surface area contributed by atoms with Crippen LogP contribution in [0.3, 0.4) is 0 Å². The van der Waals surface area contributed by atoms with Crippen LogP contribution >= 0.6 is 0 Å². The highest BCUT2D eigenvalue weighted by Gasteiger charge is 2.33. The highest BCUT2D eigenvalue weighted by atomic mass is 19.4. The zero-order valence-electron chi connectivity index (χ0n) is 15.3. The second-order valence-electron chi connectivity index (χ2n) is 6.13. The number of aryl methyl sites for hydroxylation is 1. The molecule has 0 aromatic heterocycles. The number of amides is 3. The quantitative estimate of drug-likeness (QED) is 0.499. The Morgan fingerprint density at radius 2 is 1.62 bits per heavy atom. The molecule has 29 heavy (non-hydrogen) atoms. The highest BCUT2D eigenvalue weighted by molar-refractivity contribution is 5.94. The maximum absolute atomic E-state index is 13.4. The van der Waals surface area contributed by atoms with E-state index in [-0.39, 0.29) is 24.2 Å². The van der Waals surface area contributed by atoms with E-state index in [2.05, 4.69) is 16.0 Å². The molecule has 0 bridgehead atoms. The topological polar surface area (TPSA) is 70.2 Å². The number of nitrogens with one attached hydrogen (secondary N) is 3. The van der Waals surface area contributed by atoms with E-state index in [1.54, 1.807) is 6.92 Å². The van der Waals surface area contributed by atoms with Gasteiger partial charge in [0.25, 0.3) is 5.91 Å². The van der Waals surface area contributed by atoms with Crippen molar-refractivity contribution in [3.63, 3.8) is 0 Å². The molecule has 5 nitrogen and oxygen atoms in total. The van der Waals surface area contributed by atoms with Gasteiger partial charge >= 0.3 is 12.2 Å². The summed E-state index contributed by atoms with van der Waals surface area (Å²) in [6, 6.07) is 5.41. The van der Waals surface area contributed by atoms with Crippen molar-refractivity contribution in [1.29, 1.82) is 0 Å². The van der Waals surface area contributed by atoms with Crippen molar-refractivity contribution in [2.75, 3.05) is 13.1 Å². The molecule has 0 aliphatic carbocycles. The Morgan fingerprint density at radius 3 is 2.28 bits per heavy atom. The molecule has 0 fully saturated rings. The maximum Gasteiger partial charge on any atom is 0.416 e. The Labute approximate surface area is 163 Å². The number of halogens is 5. The van der Waals surface area contributed by atoms with Gasteiger partial charge in [-0.3, -0.25) is 4.79 Å². The fraction of sp³-hybridized carbons (Fsp3) is 0.263. The first-order valence-electron chi connectivity index (χ1n) is 8.49. The van der Waals surface area contributed by atoms with Gasteiger partial charge in [-0.15, -0.1) is 0 Å². The van der Waals surface area contributed by atoms with E-state index >= 15 is 0 Å². The maximum atomic E-state index is 13.4. The number of carbonyl (C=O) groups is 2. The van der Waals surface area contributed by atoms with Crippen molar-refractivity contribution in [2.24, 2.45) is 0 Å². The molecule has 156 valence electrons. The van der Waals surface area contributed by atoms with Crippen LogP contribution in [0.5, 0.6) is 0 Å². The number of alkyl halides is 3. The van der Waals surface area contributed by atoms with Gasteiger partial charge in [0.1, 0.15) is 11.6 Å². The second kappa shape index (κ2) is 9.35. The van der Waals surface area contributed by atoms with E-state index in [1.807, 2.05) is 0 Å². The molecule has 3 amide bonds. The SMILES string of the molecule is Cc1ccc(C(=O)NCCNC(=O)NCc2ccc(F)cc2C(F)(F)F)cc1F. The second-order valence-corrected chi connectivity index (χ2v) is 6.13. The third-order valence-electron chi connectivity index (χ3n) is 3.95. The Balaban J connectivity index is 1.78. The van der Waals surface area contributed by atoms with Crippen LogP contribution in [-0.4, -0.2) is 25.0 Å². The first kappa shape index (κ1) is 22.1. The zero-order chi connectivity index (χ0) is 21.6. The number of urea groups is 1. The van der Waals surface area contributed by atoms with Crippen molar-refractivity contribution in [3.05, 3.63) is 70.3 Å². The third kappa shape index (κ3) is 6.44. The average molecular weight is 415 g/mol. The van der Waals surface area contributed by atoms with Gasteiger partial charge in [-0.05, 0) is 42.3 Å². The fourth-order valence-corrected chi connectivity index (χ4v) is 2.39. The van der Waals surface area contributed by atoms with Crippen molar-refractivity contribution in [1.82, 2.24) is 16.0 Å². The number of benzene rings is 2. The molecule has 0 saturated heterocycles. The standard InChI is InChI=1S/C19H18F5N3O2/c1-11-2-3-12(8-16(11)21)17(28)25-6-7-26-18(29)27-10-13-4-5-14(20)9-15(13)19(22,23)24/h2-5,8-9H,6-7,10H2,1H3,(H,25,28)(H2,26,27,29). The summed E-state index contributed by atoms with van der Waals surface area (Å²) >= 11 is 0. The minimum Gasteiger partial charge on any atom is -0.350 e. The Hall–Kier alpha value is -3.17. The van der Waals surface area contributed by atoms with Crippen molar-refractivity contribution in [2.45, 2.75) is 19.6 Å². The zero-order valence-corrected chi connectivity index (χ0v) is 15.3. The van der Waals surface area contributed by atoms with Crippen molar-refractivity contribution < 1.29 is 31.5 Å². The Kier molecular flexibility index (Phi) is 7.13. The number of rotatable bonds is 6. The monoisotopic (exact) mass is 415 g/mol. The van der Waals surface area contributed by atoms with Gasteiger partial charge in [0.15, 0.2) is 0 Å². The van der Waals surface area contributed by atoms with Gasteiger partial charge in [0.05, 0.1) is 5.56 Å². The van der Waals surface area contributed by atoms with Gasteiger partial charge in [0, 0.05) is 25.2 Å². The van der Waals surface area contributed by atoms with E-state index in [4.69, 9.17) is 0 Å². The summed E-state index contributed by atoms with van der Waals surface area (Å²) in [5, 5.41) is 7.06. The summed E-state index contributed by atoms with van der Waals surface area (Å²) in [5.74, 6) is -2.09.